The van der Waals surface area contributed by atoms with Gasteiger partial charge in [-0.05, 0) is 24.3 Å². The molecule has 0 unspecified atom stereocenters. The molecular formula is C17H15Cl2NO2S. The van der Waals surface area contributed by atoms with Gasteiger partial charge in [0.1, 0.15) is 11.1 Å². The number of carbonyl (C=O) groups excluding carboxylic acids is 1. The van der Waals surface area contributed by atoms with E-state index in [-0.39, 0.29) is 11.3 Å². The molecule has 0 spiro atoms. The van der Waals surface area contributed by atoms with Crippen LogP contribution in [0.2, 0.25) is 10.0 Å². The maximum Gasteiger partial charge on any atom is 0.255 e. The number of thioether (sulfide) groups is 1. The number of rotatable bonds is 3. The average Bonchev–Trinajstić information content (AvgIpc) is 3.06. The Kier molecular flexibility index (Phi) is 5.05. The van der Waals surface area contributed by atoms with Crippen LogP contribution in [0.25, 0.3) is 0 Å². The van der Waals surface area contributed by atoms with Crippen LogP contribution in [0, 0.1) is 0 Å². The van der Waals surface area contributed by atoms with E-state index in [2.05, 4.69) is 0 Å². The Bertz CT molecular complexity index is 738. The highest BCUT2D eigenvalue weighted by Gasteiger charge is 2.33. The molecule has 1 fully saturated rings. The van der Waals surface area contributed by atoms with Crippen molar-refractivity contribution in [1.29, 1.82) is 0 Å². The van der Waals surface area contributed by atoms with Crippen LogP contribution < -0.4 is 4.74 Å². The van der Waals surface area contributed by atoms with E-state index in [1.54, 1.807) is 37.1 Å². The molecule has 0 saturated carbocycles. The first-order chi connectivity index (χ1) is 11.1. The van der Waals surface area contributed by atoms with Crippen LogP contribution >= 0.6 is 35.0 Å². The Morgan fingerprint density at radius 3 is 2.83 bits per heavy atom. The molecule has 3 rings (SSSR count). The lowest BCUT2D eigenvalue weighted by Gasteiger charge is -2.25. The van der Waals surface area contributed by atoms with Crippen molar-refractivity contribution in [3.05, 3.63) is 63.6 Å². The number of amides is 1. The van der Waals surface area contributed by atoms with Gasteiger partial charge < -0.3 is 9.64 Å². The van der Waals surface area contributed by atoms with Crippen LogP contribution in [-0.4, -0.2) is 30.2 Å². The normalized spacial score (nSPS) is 17.3. The van der Waals surface area contributed by atoms with Crippen molar-refractivity contribution in [3.63, 3.8) is 0 Å². The van der Waals surface area contributed by atoms with E-state index < -0.39 is 0 Å². The van der Waals surface area contributed by atoms with Crippen LogP contribution in [0.15, 0.2) is 42.5 Å². The largest absolute Gasteiger partial charge is 0.497 e. The van der Waals surface area contributed by atoms with Crippen molar-refractivity contribution in [2.75, 3.05) is 19.4 Å². The smallest absolute Gasteiger partial charge is 0.255 e. The molecular weight excluding hydrogens is 353 g/mol. The molecule has 1 aliphatic heterocycles. The molecule has 2 aromatic carbocycles. The van der Waals surface area contributed by atoms with Crippen LogP contribution in [-0.2, 0) is 0 Å². The number of methoxy groups -OCH3 is 1. The lowest BCUT2D eigenvalue weighted by molar-refractivity contribution is 0.0760. The first-order valence-electron chi connectivity index (χ1n) is 7.12. The number of hydrogen-bond acceptors (Lipinski definition) is 3. The van der Waals surface area contributed by atoms with Gasteiger partial charge in [0.15, 0.2) is 0 Å². The van der Waals surface area contributed by atoms with Crippen molar-refractivity contribution in [2.45, 2.75) is 5.37 Å². The minimum Gasteiger partial charge on any atom is -0.497 e. The van der Waals surface area contributed by atoms with E-state index in [4.69, 9.17) is 27.9 Å². The van der Waals surface area contributed by atoms with Crippen molar-refractivity contribution in [2.24, 2.45) is 0 Å². The summed E-state index contributed by atoms with van der Waals surface area (Å²) in [6, 6.07) is 12.7. The Labute approximate surface area is 149 Å². The van der Waals surface area contributed by atoms with E-state index in [1.165, 1.54) is 0 Å². The van der Waals surface area contributed by atoms with Gasteiger partial charge in [0.2, 0.25) is 0 Å². The second-order valence-corrected chi connectivity index (χ2v) is 7.07. The van der Waals surface area contributed by atoms with Crippen LogP contribution in [0.1, 0.15) is 21.3 Å². The zero-order valence-corrected chi connectivity index (χ0v) is 14.8. The molecule has 120 valence electrons. The van der Waals surface area contributed by atoms with E-state index in [1.807, 2.05) is 29.2 Å². The van der Waals surface area contributed by atoms with E-state index in [0.29, 0.717) is 27.9 Å². The molecule has 3 nitrogen and oxygen atoms in total. The summed E-state index contributed by atoms with van der Waals surface area (Å²) in [4.78, 5) is 14.7. The third-order valence-electron chi connectivity index (χ3n) is 3.72. The van der Waals surface area contributed by atoms with Crippen molar-refractivity contribution in [1.82, 2.24) is 4.90 Å². The molecule has 6 heteroatoms. The van der Waals surface area contributed by atoms with Crippen molar-refractivity contribution >= 4 is 40.9 Å². The maximum absolute atomic E-state index is 12.9. The summed E-state index contributed by atoms with van der Waals surface area (Å²) in [5, 5.41) is 0.891. The highest BCUT2D eigenvalue weighted by molar-refractivity contribution is 7.99. The third kappa shape index (κ3) is 3.30. The second kappa shape index (κ2) is 7.04. The van der Waals surface area contributed by atoms with Gasteiger partial charge in [-0.3, -0.25) is 4.79 Å². The van der Waals surface area contributed by atoms with Gasteiger partial charge in [-0.25, -0.2) is 0 Å². The summed E-state index contributed by atoms with van der Waals surface area (Å²) in [5.74, 6) is 1.50. The molecule has 1 aliphatic rings. The molecule has 1 amide bonds. The Morgan fingerprint density at radius 1 is 1.26 bits per heavy atom. The molecule has 2 aromatic rings. The van der Waals surface area contributed by atoms with E-state index in [0.717, 1.165) is 11.3 Å². The maximum atomic E-state index is 12.9. The fraction of sp³-hybridized carbons (Fsp3) is 0.235. The first kappa shape index (κ1) is 16.5. The second-order valence-electron chi connectivity index (χ2n) is 5.10. The molecule has 0 bridgehead atoms. The zero-order chi connectivity index (χ0) is 16.4. The summed E-state index contributed by atoms with van der Waals surface area (Å²) < 4.78 is 5.20. The van der Waals surface area contributed by atoms with Gasteiger partial charge in [0.05, 0.1) is 17.2 Å². The summed E-state index contributed by atoms with van der Waals surface area (Å²) in [6.07, 6.45) is 0. The number of nitrogens with zero attached hydrogens (tertiary/aromatic N) is 1. The third-order valence-corrected chi connectivity index (χ3v) is 5.79. The zero-order valence-electron chi connectivity index (χ0n) is 12.5. The Hall–Kier alpha value is -1.36. The minimum absolute atomic E-state index is 0.0325. The average molecular weight is 368 g/mol. The molecule has 23 heavy (non-hydrogen) atoms. The quantitative estimate of drug-likeness (QED) is 0.773. The lowest BCUT2D eigenvalue weighted by Crippen LogP contribution is -2.30. The molecule has 1 atom stereocenters. The first-order valence-corrected chi connectivity index (χ1v) is 8.93. The lowest BCUT2D eigenvalue weighted by atomic mass is 10.1. The molecule has 1 heterocycles. The van der Waals surface area contributed by atoms with Gasteiger partial charge in [-0.15, -0.1) is 11.8 Å². The van der Waals surface area contributed by atoms with Gasteiger partial charge in [-0.2, -0.15) is 0 Å². The molecule has 0 N–H and O–H groups in total. The molecule has 1 saturated heterocycles. The van der Waals surface area contributed by atoms with Gasteiger partial charge in [0.25, 0.3) is 5.91 Å². The topological polar surface area (TPSA) is 29.5 Å². The number of hydrogen-bond donors (Lipinski definition) is 0. The summed E-state index contributed by atoms with van der Waals surface area (Å²) in [7, 11) is 1.59. The number of halogens is 2. The minimum atomic E-state index is -0.125. The fourth-order valence-corrected chi connectivity index (χ4v) is 4.33. The van der Waals surface area contributed by atoms with Crippen LogP contribution in [0.4, 0.5) is 0 Å². The Morgan fingerprint density at radius 2 is 2.04 bits per heavy atom. The Balaban J connectivity index is 1.92. The van der Waals surface area contributed by atoms with Crippen LogP contribution in [0.5, 0.6) is 5.75 Å². The van der Waals surface area contributed by atoms with Crippen molar-refractivity contribution in [3.8, 4) is 5.75 Å². The predicted molar refractivity (Wildman–Crippen MR) is 95.7 cm³/mol. The molecule has 0 aromatic heterocycles. The highest BCUT2D eigenvalue weighted by Crippen LogP contribution is 2.43. The summed E-state index contributed by atoms with van der Waals surface area (Å²) >= 11 is 14.1. The standard InChI is InChI=1S/C17H15Cl2NO2S/c1-22-12-5-2-4-11(10-12)16(21)20-8-9-23-17(20)13-6-3-7-14(18)15(13)19/h2-7,10,17H,8-9H2,1H3/t17-/m0/s1. The van der Waals surface area contributed by atoms with Gasteiger partial charge in [0, 0.05) is 23.4 Å². The van der Waals surface area contributed by atoms with Gasteiger partial charge in [-0.1, -0.05) is 41.4 Å². The number of carbonyl (C=O) groups is 1. The van der Waals surface area contributed by atoms with Crippen LogP contribution in [0.3, 0.4) is 0 Å². The van der Waals surface area contributed by atoms with Crippen molar-refractivity contribution < 1.29 is 9.53 Å². The summed E-state index contributed by atoms with van der Waals surface area (Å²) in [5.41, 5.74) is 1.48. The van der Waals surface area contributed by atoms with Gasteiger partial charge >= 0.3 is 0 Å². The highest BCUT2D eigenvalue weighted by atomic mass is 35.5. The fourth-order valence-electron chi connectivity index (χ4n) is 2.57. The monoisotopic (exact) mass is 367 g/mol. The van der Waals surface area contributed by atoms with E-state index in [9.17, 15) is 4.79 Å². The summed E-state index contributed by atoms with van der Waals surface area (Å²) in [6.45, 7) is 0.675. The SMILES string of the molecule is COc1cccc(C(=O)N2CCS[C@H]2c2cccc(Cl)c2Cl)c1. The number of ether oxygens (including phenoxy) is 1. The molecule has 0 aliphatic carbocycles. The number of benzene rings is 2. The predicted octanol–water partition coefficient (Wildman–Crippen LogP) is 4.89. The van der Waals surface area contributed by atoms with E-state index >= 15 is 0 Å². The molecule has 0 radical (unpaired) electrons.